The molecule has 0 saturated carbocycles. The Kier molecular flexibility index (Phi) is 4.53. The topological polar surface area (TPSA) is 21.3 Å². The molecule has 0 atom stereocenters. The molecule has 0 unspecified atom stereocenters. The number of fused-ring (bicyclic) bond motifs is 2. The average molecular weight is 297 g/mol. The smallest absolute Gasteiger partial charge is 0.127 e. The lowest BCUT2D eigenvalue weighted by atomic mass is 10.0. The molecule has 3 heteroatoms. The Morgan fingerprint density at radius 3 is 2.67 bits per heavy atom. The van der Waals surface area contributed by atoms with Gasteiger partial charge in [0, 0.05) is 16.6 Å². The summed E-state index contributed by atoms with van der Waals surface area (Å²) in [6, 6.07) is 16.8. The molecule has 108 valence electrons. The molecule has 0 saturated heterocycles. The lowest BCUT2D eigenvalue weighted by Gasteiger charge is -2.15. The minimum absolute atomic E-state index is 0.962. The van der Waals surface area contributed by atoms with Crippen LogP contribution >= 0.6 is 11.3 Å². The fourth-order valence-electron chi connectivity index (χ4n) is 2.56. The molecule has 3 aromatic rings. The Hall–Kier alpha value is -1.84. The van der Waals surface area contributed by atoms with Crippen LogP contribution in [0.25, 0.3) is 10.1 Å². The number of rotatable bonds is 1. The maximum Gasteiger partial charge on any atom is 0.127 e. The van der Waals surface area contributed by atoms with Crippen LogP contribution in [-0.4, -0.2) is 13.7 Å². The molecule has 1 aliphatic heterocycles. The highest BCUT2D eigenvalue weighted by molar-refractivity contribution is 7.17. The summed E-state index contributed by atoms with van der Waals surface area (Å²) in [7, 11) is 1.70. The summed E-state index contributed by atoms with van der Waals surface area (Å²) in [5.41, 5.74) is 2.98. The van der Waals surface area contributed by atoms with Gasteiger partial charge in [-0.3, -0.25) is 0 Å². The van der Waals surface area contributed by atoms with E-state index in [1.54, 1.807) is 18.4 Å². The second-order valence-electron chi connectivity index (χ2n) is 4.99. The van der Waals surface area contributed by atoms with E-state index in [9.17, 15) is 0 Å². The van der Waals surface area contributed by atoms with E-state index in [1.807, 2.05) is 12.1 Å². The number of ether oxygens (including phenoxy) is 1. The summed E-state index contributed by atoms with van der Waals surface area (Å²) in [5.74, 6) is 0.962. The molecular weight excluding hydrogens is 278 g/mol. The zero-order valence-corrected chi connectivity index (χ0v) is 13.0. The van der Waals surface area contributed by atoms with E-state index in [2.05, 4.69) is 47.1 Å². The Balaban J connectivity index is 0.000000126. The maximum absolute atomic E-state index is 5.19. The fourth-order valence-corrected chi connectivity index (χ4v) is 3.37. The number of methoxy groups -OCH3 is 1. The van der Waals surface area contributed by atoms with Crippen LogP contribution < -0.4 is 10.1 Å². The van der Waals surface area contributed by atoms with Crippen LogP contribution in [0.1, 0.15) is 11.1 Å². The highest BCUT2D eigenvalue weighted by Crippen LogP contribution is 2.28. The van der Waals surface area contributed by atoms with Crippen molar-refractivity contribution in [2.75, 3.05) is 13.7 Å². The normalized spacial score (nSPS) is 13.2. The van der Waals surface area contributed by atoms with E-state index in [-0.39, 0.29) is 0 Å². The van der Waals surface area contributed by atoms with Gasteiger partial charge in [0.1, 0.15) is 5.75 Å². The lowest BCUT2D eigenvalue weighted by molar-refractivity contribution is 0.420. The molecule has 0 spiro atoms. The highest BCUT2D eigenvalue weighted by atomic mass is 32.1. The molecule has 1 aliphatic rings. The quantitative estimate of drug-likeness (QED) is 0.725. The monoisotopic (exact) mass is 297 g/mol. The molecule has 0 radical (unpaired) electrons. The summed E-state index contributed by atoms with van der Waals surface area (Å²) in [6.07, 6.45) is 1.19. The molecule has 1 N–H and O–H groups in total. The van der Waals surface area contributed by atoms with E-state index >= 15 is 0 Å². The molecule has 4 rings (SSSR count). The average Bonchev–Trinajstić information content (AvgIpc) is 3.04. The third kappa shape index (κ3) is 3.26. The van der Waals surface area contributed by atoms with Crippen molar-refractivity contribution < 1.29 is 4.74 Å². The molecule has 0 aliphatic carbocycles. The van der Waals surface area contributed by atoms with Gasteiger partial charge < -0.3 is 10.1 Å². The standard InChI is InChI=1S/C9H11N.C9H8OS/c1-2-4-9-7-10-6-5-8(9)3-1;1-10-8-3-2-4-9-7(8)5-6-11-9/h1-4,10H,5-7H2;2-6H,1H3. The largest absolute Gasteiger partial charge is 0.496 e. The van der Waals surface area contributed by atoms with Gasteiger partial charge in [-0.05, 0) is 47.7 Å². The van der Waals surface area contributed by atoms with E-state index in [0.717, 1.165) is 18.8 Å². The summed E-state index contributed by atoms with van der Waals surface area (Å²) < 4.78 is 6.47. The number of thiophene rings is 1. The third-order valence-corrected chi connectivity index (χ3v) is 4.56. The number of hydrogen-bond donors (Lipinski definition) is 1. The molecular formula is C18H19NOS. The van der Waals surface area contributed by atoms with Gasteiger partial charge in [0.15, 0.2) is 0 Å². The van der Waals surface area contributed by atoms with Crippen molar-refractivity contribution >= 4 is 21.4 Å². The van der Waals surface area contributed by atoms with Gasteiger partial charge in [-0.2, -0.15) is 0 Å². The summed E-state index contributed by atoms with van der Waals surface area (Å²) in [4.78, 5) is 0. The maximum atomic E-state index is 5.19. The van der Waals surface area contributed by atoms with Gasteiger partial charge in [-0.15, -0.1) is 11.3 Å². The van der Waals surface area contributed by atoms with Crippen molar-refractivity contribution in [2.45, 2.75) is 13.0 Å². The van der Waals surface area contributed by atoms with Gasteiger partial charge in [-0.1, -0.05) is 30.3 Å². The second kappa shape index (κ2) is 6.74. The molecule has 21 heavy (non-hydrogen) atoms. The van der Waals surface area contributed by atoms with Crippen molar-refractivity contribution in [3.63, 3.8) is 0 Å². The Morgan fingerprint density at radius 2 is 1.86 bits per heavy atom. The first-order valence-electron chi connectivity index (χ1n) is 7.16. The van der Waals surface area contributed by atoms with Crippen LogP contribution in [0.2, 0.25) is 0 Å². The lowest BCUT2D eigenvalue weighted by Crippen LogP contribution is -2.23. The van der Waals surface area contributed by atoms with Crippen LogP contribution in [0.3, 0.4) is 0 Å². The van der Waals surface area contributed by atoms with Crippen LogP contribution in [0.15, 0.2) is 53.9 Å². The molecule has 2 aromatic carbocycles. The van der Waals surface area contributed by atoms with E-state index < -0.39 is 0 Å². The van der Waals surface area contributed by atoms with Crippen LogP contribution in [0.4, 0.5) is 0 Å². The zero-order valence-electron chi connectivity index (χ0n) is 12.1. The van der Waals surface area contributed by atoms with Gasteiger partial charge in [-0.25, -0.2) is 0 Å². The van der Waals surface area contributed by atoms with Crippen molar-refractivity contribution in [2.24, 2.45) is 0 Å². The summed E-state index contributed by atoms with van der Waals surface area (Å²) in [5, 5.41) is 6.63. The van der Waals surface area contributed by atoms with E-state index in [1.165, 1.54) is 27.6 Å². The van der Waals surface area contributed by atoms with Crippen molar-refractivity contribution in [1.29, 1.82) is 0 Å². The van der Waals surface area contributed by atoms with Crippen LogP contribution in [-0.2, 0) is 13.0 Å². The molecule has 1 aromatic heterocycles. The fraction of sp³-hybridized carbons (Fsp3) is 0.222. The number of benzene rings is 2. The first kappa shape index (κ1) is 14.1. The van der Waals surface area contributed by atoms with Gasteiger partial charge >= 0.3 is 0 Å². The minimum Gasteiger partial charge on any atom is -0.496 e. The van der Waals surface area contributed by atoms with Crippen molar-refractivity contribution in [3.8, 4) is 5.75 Å². The highest BCUT2D eigenvalue weighted by Gasteiger charge is 2.05. The van der Waals surface area contributed by atoms with Crippen molar-refractivity contribution in [3.05, 3.63) is 65.0 Å². The van der Waals surface area contributed by atoms with E-state index in [0.29, 0.717) is 0 Å². The van der Waals surface area contributed by atoms with Gasteiger partial charge in [0.2, 0.25) is 0 Å². The van der Waals surface area contributed by atoms with Crippen LogP contribution in [0, 0.1) is 0 Å². The molecule has 0 fully saturated rings. The third-order valence-electron chi connectivity index (χ3n) is 3.68. The number of nitrogens with one attached hydrogen (secondary N) is 1. The Morgan fingerprint density at radius 1 is 1.00 bits per heavy atom. The van der Waals surface area contributed by atoms with Crippen LogP contribution in [0.5, 0.6) is 5.75 Å². The van der Waals surface area contributed by atoms with Crippen molar-refractivity contribution in [1.82, 2.24) is 5.32 Å². The first-order chi connectivity index (χ1) is 10.4. The summed E-state index contributed by atoms with van der Waals surface area (Å²) in [6.45, 7) is 2.19. The predicted molar refractivity (Wildman–Crippen MR) is 90.2 cm³/mol. The molecule has 2 nitrogen and oxygen atoms in total. The van der Waals surface area contributed by atoms with E-state index in [4.69, 9.17) is 4.74 Å². The molecule has 0 amide bonds. The molecule has 0 bridgehead atoms. The first-order valence-corrected chi connectivity index (χ1v) is 8.04. The van der Waals surface area contributed by atoms with Gasteiger partial charge in [0.25, 0.3) is 0 Å². The Bertz CT molecular complexity index is 695. The SMILES string of the molecule is COc1cccc2sccc12.c1ccc2c(c1)CCNC2. The predicted octanol–water partition coefficient (Wildman–Crippen LogP) is 4.24. The Labute approximate surface area is 129 Å². The number of hydrogen-bond acceptors (Lipinski definition) is 3. The van der Waals surface area contributed by atoms with Gasteiger partial charge in [0.05, 0.1) is 7.11 Å². The summed E-state index contributed by atoms with van der Waals surface area (Å²) >= 11 is 1.74. The minimum atomic E-state index is 0.962. The zero-order chi connectivity index (χ0) is 14.5. The second-order valence-corrected chi connectivity index (χ2v) is 5.94. The molecule has 2 heterocycles.